The van der Waals surface area contributed by atoms with E-state index in [9.17, 15) is 19.5 Å². The van der Waals surface area contributed by atoms with E-state index in [4.69, 9.17) is 4.43 Å². The molecule has 0 saturated heterocycles. The molecule has 2 atom stereocenters. The van der Waals surface area contributed by atoms with Gasteiger partial charge in [0.15, 0.2) is 8.32 Å². The minimum atomic E-state index is -1.97. The van der Waals surface area contributed by atoms with Gasteiger partial charge in [-0.3, -0.25) is 9.59 Å². The highest BCUT2D eigenvalue weighted by Crippen LogP contribution is 2.36. The summed E-state index contributed by atoms with van der Waals surface area (Å²) in [7, 11) is -1.97. The molecule has 0 bridgehead atoms. The number of aliphatic carboxylic acids is 1. The van der Waals surface area contributed by atoms with Crippen LogP contribution in [0.5, 0.6) is 0 Å². The Morgan fingerprint density at radius 1 is 1.12 bits per heavy atom. The van der Waals surface area contributed by atoms with Gasteiger partial charge in [-0.25, -0.2) is 4.79 Å². The van der Waals surface area contributed by atoms with Crippen LogP contribution in [0.25, 0.3) is 0 Å². The highest BCUT2D eigenvalue weighted by molar-refractivity contribution is 6.74. The average molecular weight is 375 g/mol. The summed E-state index contributed by atoms with van der Waals surface area (Å²) in [5, 5.41) is 14.5. The number of hydrogen-bond acceptors (Lipinski definition) is 4. The molecular weight excluding hydrogens is 340 g/mol. The summed E-state index contributed by atoms with van der Waals surface area (Å²) in [6.45, 7) is 15.7. The van der Waals surface area contributed by atoms with Gasteiger partial charge in [0.25, 0.3) is 0 Å². The number of carbonyl (C=O) groups excluding carboxylic acids is 2. The maximum absolute atomic E-state index is 12.3. The van der Waals surface area contributed by atoms with Crippen LogP contribution in [0.15, 0.2) is 0 Å². The first-order chi connectivity index (χ1) is 11.2. The minimum Gasteiger partial charge on any atom is -0.480 e. The van der Waals surface area contributed by atoms with Gasteiger partial charge in [0, 0.05) is 20.0 Å². The normalized spacial score (nSPS) is 14.8. The van der Waals surface area contributed by atoms with Crippen molar-refractivity contribution in [1.82, 2.24) is 10.6 Å². The summed E-state index contributed by atoms with van der Waals surface area (Å²) < 4.78 is 5.98. The summed E-state index contributed by atoms with van der Waals surface area (Å²) >= 11 is 0. The molecule has 25 heavy (non-hydrogen) atoms. The highest BCUT2D eigenvalue weighted by Gasteiger charge is 2.37. The Morgan fingerprint density at radius 2 is 1.64 bits per heavy atom. The zero-order valence-electron chi connectivity index (χ0n) is 16.7. The lowest BCUT2D eigenvalue weighted by Crippen LogP contribution is -2.53. The zero-order valence-corrected chi connectivity index (χ0v) is 17.7. The van der Waals surface area contributed by atoms with Crippen LogP contribution in [-0.4, -0.2) is 49.9 Å². The number of carbonyl (C=O) groups is 3. The molecule has 8 heteroatoms. The molecule has 2 amide bonds. The number of nitrogens with one attached hydrogen (secondary N) is 2. The van der Waals surface area contributed by atoms with Gasteiger partial charge in [0.2, 0.25) is 11.8 Å². The summed E-state index contributed by atoms with van der Waals surface area (Å²) in [6.07, 6.45) is 0.179. The molecule has 3 N–H and O–H groups in total. The first kappa shape index (κ1) is 23.6. The standard InChI is InChI=1S/C17H34N2O5Si/c1-11(2)14(18-12(3)20)15(21)19-13(16(22)23)9-10-24-25(7,8)17(4,5)6/h11,13-14H,9-10H2,1-8H3,(H,18,20)(H,19,21)(H,22,23)/t13-,14-/m1/s1. The fourth-order valence-electron chi connectivity index (χ4n) is 1.92. The maximum Gasteiger partial charge on any atom is 0.326 e. The maximum atomic E-state index is 12.3. The minimum absolute atomic E-state index is 0.0309. The van der Waals surface area contributed by atoms with Crippen LogP contribution in [0.3, 0.4) is 0 Å². The number of carboxylic acids is 1. The predicted molar refractivity (Wildman–Crippen MR) is 99.8 cm³/mol. The third-order valence-electron chi connectivity index (χ3n) is 4.60. The summed E-state index contributed by atoms with van der Waals surface area (Å²) in [5.41, 5.74) is 0. The van der Waals surface area contributed by atoms with E-state index in [2.05, 4.69) is 44.5 Å². The second-order valence-electron chi connectivity index (χ2n) is 8.22. The average Bonchev–Trinajstić information content (AvgIpc) is 2.41. The molecule has 0 rings (SSSR count). The second kappa shape index (κ2) is 9.33. The molecule has 0 unspecified atom stereocenters. The Bertz CT molecular complexity index is 486. The molecule has 0 aliphatic heterocycles. The van der Waals surface area contributed by atoms with Crippen molar-refractivity contribution >= 4 is 26.1 Å². The smallest absolute Gasteiger partial charge is 0.326 e. The van der Waals surface area contributed by atoms with Crippen LogP contribution in [0.2, 0.25) is 18.1 Å². The van der Waals surface area contributed by atoms with Crippen LogP contribution >= 0.6 is 0 Å². The van der Waals surface area contributed by atoms with E-state index < -0.39 is 32.3 Å². The van der Waals surface area contributed by atoms with Gasteiger partial charge in [-0.05, 0) is 24.1 Å². The van der Waals surface area contributed by atoms with Crippen molar-refractivity contribution < 1.29 is 23.9 Å². The lowest BCUT2D eigenvalue weighted by atomic mass is 10.0. The molecule has 0 fully saturated rings. The van der Waals surface area contributed by atoms with Crippen molar-refractivity contribution in [2.24, 2.45) is 5.92 Å². The van der Waals surface area contributed by atoms with E-state index in [1.54, 1.807) is 13.8 Å². The molecule has 0 spiro atoms. The van der Waals surface area contributed by atoms with Crippen molar-refractivity contribution in [3.63, 3.8) is 0 Å². The molecule has 0 aliphatic rings. The fraction of sp³-hybridized carbons (Fsp3) is 0.824. The van der Waals surface area contributed by atoms with E-state index in [1.165, 1.54) is 6.92 Å². The first-order valence-electron chi connectivity index (χ1n) is 8.63. The van der Waals surface area contributed by atoms with Gasteiger partial charge >= 0.3 is 5.97 Å². The van der Waals surface area contributed by atoms with Crippen LogP contribution in [0, 0.1) is 5.92 Å². The van der Waals surface area contributed by atoms with Crippen LogP contribution in [-0.2, 0) is 18.8 Å². The van der Waals surface area contributed by atoms with Gasteiger partial charge in [-0.15, -0.1) is 0 Å². The molecule has 0 aromatic carbocycles. The molecule has 0 aromatic heterocycles. The second-order valence-corrected chi connectivity index (χ2v) is 13.0. The Hall–Kier alpha value is -1.41. The van der Waals surface area contributed by atoms with Crippen molar-refractivity contribution in [2.75, 3.05) is 6.61 Å². The predicted octanol–water partition coefficient (Wildman–Crippen LogP) is 2.13. The quantitative estimate of drug-likeness (QED) is 0.536. The number of rotatable bonds is 9. The van der Waals surface area contributed by atoms with Gasteiger partial charge in [0.05, 0.1) is 0 Å². The third-order valence-corrected chi connectivity index (χ3v) is 9.14. The van der Waals surface area contributed by atoms with E-state index >= 15 is 0 Å². The number of amides is 2. The van der Waals surface area contributed by atoms with E-state index in [0.29, 0.717) is 0 Å². The number of carboxylic acid groups (broad SMARTS) is 1. The van der Waals surface area contributed by atoms with Gasteiger partial charge in [-0.1, -0.05) is 34.6 Å². The molecule has 0 radical (unpaired) electrons. The fourth-order valence-corrected chi connectivity index (χ4v) is 2.98. The Morgan fingerprint density at radius 3 is 2.00 bits per heavy atom. The van der Waals surface area contributed by atoms with Gasteiger partial charge < -0.3 is 20.2 Å². The molecule has 0 aromatic rings. The van der Waals surface area contributed by atoms with Crippen LogP contribution in [0.1, 0.15) is 48.0 Å². The van der Waals surface area contributed by atoms with Crippen molar-refractivity contribution in [3.8, 4) is 0 Å². The third kappa shape index (κ3) is 8.00. The molecule has 7 nitrogen and oxygen atoms in total. The summed E-state index contributed by atoms with van der Waals surface area (Å²) in [4.78, 5) is 35.0. The Kier molecular flexibility index (Phi) is 8.80. The number of hydrogen-bond donors (Lipinski definition) is 3. The summed E-state index contributed by atoms with van der Waals surface area (Å²) in [6, 6.07) is -1.81. The molecule has 0 saturated carbocycles. The summed E-state index contributed by atoms with van der Waals surface area (Å²) in [5.74, 6) is -2.09. The van der Waals surface area contributed by atoms with E-state index in [0.717, 1.165) is 0 Å². The lowest BCUT2D eigenvalue weighted by molar-refractivity contribution is -0.142. The van der Waals surface area contributed by atoms with E-state index in [1.807, 2.05) is 0 Å². The van der Waals surface area contributed by atoms with Crippen molar-refractivity contribution in [3.05, 3.63) is 0 Å². The van der Waals surface area contributed by atoms with E-state index in [-0.39, 0.29) is 29.9 Å². The highest BCUT2D eigenvalue weighted by atomic mass is 28.4. The van der Waals surface area contributed by atoms with Gasteiger partial charge in [0.1, 0.15) is 12.1 Å². The van der Waals surface area contributed by atoms with Gasteiger partial charge in [-0.2, -0.15) is 0 Å². The molecule has 146 valence electrons. The zero-order chi connectivity index (χ0) is 20.0. The van der Waals surface area contributed by atoms with Crippen LogP contribution < -0.4 is 10.6 Å². The SMILES string of the molecule is CC(=O)N[C@@H](C(=O)N[C@H](CCO[Si](C)(C)C(C)(C)C)C(=O)O)C(C)C. The van der Waals surface area contributed by atoms with Crippen molar-refractivity contribution in [1.29, 1.82) is 0 Å². The van der Waals surface area contributed by atoms with Crippen LogP contribution in [0.4, 0.5) is 0 Å². The monoisotopic (exact) mass is 374 g/mol. The first-order valence-corrected chi connectivity index (χ1v) is 11.5. The van der Waals surface area contributed by atoms with Crippen molar-refractivity contribution in [2.45, 2.75) is 78.2 Å². The topological polar surface area (TPSA) is 105 Å². The largest absolute Gasteiger partial charge is 0.480 e. The molecule has 0 heterocycles. The Labute approximate surface area is 152 Å². The Balaban J connectivity index is 4.83. The molecule has 0 aliphatic carbocycles. The molecular formula is C17H34N2O5Si. The lowest BCUT2D eigenvalue weighted by Gasteiger charge is -2.36.